The molecule has 2 heterocycles. The van der Waals surface area contributed by atoms with Crippen molar-refractivity contribution in [3.05, 3.63) is 106 Å². The van der Waals surface area contributed by atoms with E-state index in [1.54, 1.807) is 49.5 Å². The molecule has 2 amide bonds. The molecule has 0 spiro atoms. The predicted octanol–water partition coefficient (Wildman–Crippen LogP) is 5.15. The van der Waals surface area contributed by atoms with Crippen molar-refractivity contribution in [3.63, 3.8) is 0 Å². The summed E-state index contributed by atoms with van der Waals surface area (Å²) in [5.74, 6) is -0.128. The maximum atomic E-state index is 13.2. The zero-order valence-electron chi connectivity index (χ0n) is 26.3. The lowest BCUT2D eigenvalue weighted by atomic mass is 9.85. The van der Waals surface area contributed by atoms with Crippen molar-refractivity contribution in [1.29, 1.82) is 0 Å². The first-order valence-electron chi connectivity index (χ1n) is 14.9. The van der Waals surface area contributed by atoms with E-state index in [1.807, 2.05) is 49.4 Å². The van der Waals surface area contributed by atoms with Crippen LogP contribution in [0.4, 0.5) is 17.2 Å². The van der Waals surface area contributed by atoms with E-state index >= 15 is 0 Å². The molecule has 10 heteroatoms. The second kappa shape index (κ2) is 13.5. The Morgan fingerprint density at radius 3 is 2.31 bits per heavy atom. The molecule has 0 bridgehead atoms. The average molecular weight is 610 g/mol. The molecule has 1 aliphatic rings. The lowest BCUT2D eigenvalue weighted by molar-refractivity contribution is 0.0303. The summed E-state index contributed by atoms with van der Waals surface area (Å²) in [6.45, 7) is 8.88. The number of aryl methyl sites for hydroxylation is 1. The zero-order chi connectivity index (χ0) is 32.1. The number of morpholine rings is 1. The van der Waals surface area contributed by atoms with Crippen molar-refractivity contribution in [2.75, 3.05) is 50.7 Å². The zero-order valence-corrected chi connectivity index (χ0v) is 26.3. The van der Waals surface area contributed by atoms with Crippen LogP contribution >= 0.6 is 0 Å². The molecule has 4 aromatic rings. The Morgan fingerprint density at radius 1 is 0.978 bits per heavy atom. The van der Waals surface area contributed by atoms with Crippen LogP contribution in [0.3, 0.4) is 0 Å². The van der Waals surface area contributed by atoms with Crippen LogP contribution in [0.15, 0.2) is 77.7 Å². The van der Waals surface area contributed by atoms with Crippen molar-refractivity contribution >= 4 is 29.0 Å². The van der Waals surface area contributed by atoms with Crippen LogP contribution < -0.4 is 16.2 Å². The van der Waals surface area contributed by atoms with Gasteiger partial charge in [0, 0.05) is 66.9 Å². The fourth-order valence-electron chi connectivity index (χ4n) is 5.36. The molecule has 3 aromatic carbocycles. The van der Waals surface area contributed by atoms with Crippen LogP contribution in [0.2, 0.25) is 0 Å². The van der Waals surface area contributed by atoms with Crippen molar-refractivity contribution in [2.24, 2.45) is 7.05 Å². The van der Waals surface area contributed by atoms with E-state index in [0.717, 1.165) is 16.7 Å². The Hall–Kier alpha value is -4.80. The van der Waals surface area contributed by atoms with Crippen LogP contribution in [-0.4, -0.2) is 66.3 Å². The molecule has 1 saturated heterocycles. The summed E-state index contributed by atoms with van der Waals surface area (Å²) in [5.41, 5.74) is 5.15. The Morgan fingerprint density at radius 2 is 1.64 bits per heavy atom. The van der Waals surface area contributed by atoms with Crippen molar-refractivity contribution in [2.45, 2.75) is 26.2 Å². The number of aromatic nitrogens is 2. The highest BCUT2D eigenvalue weighted by Crippen LogP contribution is 2.29. The minimum Gasteiger partial charge on any atom is -0.384 e. The van der Waals surface area contributed by atoms with Gasteiger partial charge < -0.3 is 29.6 Å². The summed E-state index contributed by atoms with van der Waals surface area (Å²) in [6, 6.07) is 20.1. The molecule has 1 aromatic heterocycles. The van der Waals surface area contributed by atoms with Gasteiger partial charge in [0.15, 0.2) is 5.82 Å². The lowest BCUT2D eigenvalue weighted by Crippen LogP contribution is -2.40. The highest BCUT2D eigenvalue weighted by atomic mass is 16.5. The molecule has 0 atom stereocenters. The van der Waals surface area contributed by atoms with Gasteiger partial charge in [-0.2, -0.15) is 0 Å². The molecule has 0 aliphatic carbocycles. The summed E-state index contributed by atoms with van der Waals surface area (Å²) in [4.78, 5) is 45.4. The highest BCUT2D eigenvalue weighted by Gasteiger charge is 2.22. The smallest absolute Gasteiger partial charge is 0.293 e. The van der Waals surface area contributed by atoms with Gasteiger partial charge in [0.25, 0.3) is 17.4 Å². The summed E-state index contributed by atoms with van der Waals surface area (Å²) in [7, 11) is 3.35. The number of rotatable bonds is 9. The molecule has 234 valence electrons. The molecule has 5 rings (SSSR count). The van der Waals surface area contributed by atoms with Crippen molar-refractivity contribution in [3.8, 4) is 11.3 Å². The van der Waals surface area contributed by atoms with Gasteiger partial charge in [-0.25, -0.2) is 4.98 Å². The number of hydrogen-bond acceptors (Lipinski definition) is 7. The Labute approximate surface area is 263 Å². The molecule has 2 N–H and O–H groups in total. The Balaban J connectivity index is 1.34. The standard InChI is InChI=1S/C35H39N5O5/c1-23-28(7-6-8-29(23)38-32(41)24-9-13-26(14-10-24)35(2,3)22-44-5)30-21-39(4)34(43)31(37-30)36-27-15-11-25(12-16-27)33(42)40-17-19-45-20-18-40/h6-16,21H,17-20,22H2,1-5H3,(H,36,37)(H,38,41). The van der Waals surface area contributed by atoms with Gasteiger partial charge >= 0.3 is 0 Å². The maximum Gasteiger partial charge on any atom is 0.293 e. The van der Waals surface area contributed by atoms with Gasteiger partial charge in [-0.3, -0.25) is 14.4 Å². The molecule has 1 fully saturated rings. The van der Waals surface area contributed by atoms with E-state index in [0.29, 0.717) is 61.1 Å². The molecule has 45 heavy (non-hydrogen) atoms. The molecule has 1 aliphatic heterocycles. The van der Waals surface area contributed by atoms with Gasteiger partial charge in [-0.05, 0) is 60.5 Å². The van der Waals surface area contributed by atoms with Crippen LogP contribution in [0.5, 0.6) is 0 Å². The predicted molar refractivity (Wildman–Crippen MR) is 175 cm³/mol. The minimum absolute atomic E-state index is 0.0497. The molecule has 10 nitrogen and oxygen atoms in total. The molecule has 0 unspecified atom stereocenters. The second-order valence-corrected chi connectivity index (χ2v) is 11.8. The third-order valence-corrected chi connectivity index (χ3v) is 8.06. The molecular weight excluding hydrogens is 570 g/mol. The fourth-order valence-corrected chi connectivity index (χ4v) is 5.36. The lowest BCUT2D eigenvalue weighted by Gasteiger charge is -2.26. The van der Waals surface area contributed by atoms with Gasteiger partial charge in [0.2, 0.25) is 0 Å². The van der Waals surface area contributed by atoms with E-state index in [1.165, 1.54) is 4.57 Å². The summed E-state index contributed by atoms with van der Waals surface area (Å²) >= 11 is 0. The van der Waals surface area contributed by atoms with E-state index in [-0.39, 0.29) is 28.6 Å². The summed E-state index contributed by atoms with van der Waals surface area (Å²) < 4.78 is 12.1. The van der Waals surface area contributed by atoms with Crippen LogP contribution in [-0.2, 0) is 21.9 Å². The Bertz CT molecular complexity index is 1740. The third kappa shape index (κ3) is 7.13. The van der Waals surface area contributed by atoms with Crippen LogP contribution in [0.25, 0.3) is 11.3 Å². The number of amides is 2. The number of nitrogens with zero attached hydrogens (tertiary/aromatic N) is 3. The second-order valence-electron chi connectivity index (χ2n) is 11.8. The average Bonchev–Trinajstić information content (AvgIpc) is 3.04. The number of carbonyl (C=O) groups excluding carboxylic acids is 2. The monoisotopic (exact) mass is 609 g/mol. The first-order valence-corrected chi connectivity index (χ1v) is 14.9. The van der Waals surface area contributed by atoms with Crippen molar-refractivity contribution < 1.29 is 19.1 Å². The first-order chi connectivity index (χ1) is 21.6. The van der Waals surface area contributed by atoms with Gasteiger partial charge in [-0.15, -0.1) is 0 Å². The minimum atomic E-state index is -0.300. The normalized spacial score (nSPS) is 13.4. The summed E-state index contributed by atoms with van der Waals surface area (Å²) in [5, 5.41) is 6.14. The quantitative estimate of drug-likeness (QED) is 0.270. The van der Waals surface area contributed by atoms with Gasteiger partial charge in [0.05, 0.1) is 25.5 Å². The number of nitrogens with one attached hydrogen (secondary N) is 2. The van der Waals surface area contributed by atoms with Crippen LogP contribution in [0, 0.1) is 6.92 Å². The number of benzene rings is 3. The first kappa shape index (κ1) is 31.6. The van der Waals surface area contributed by atoms with Gasteiger partial charge in [0.1, 0.15) is 0 Å². The third-order valence-electron chi connectivity index (χ3n) is 8.06. The van der Waals surface area contributed by atoms with Gasteiger partial charge in [-0.1, -0.05) is 38.1 Å². The Kier molecular flexibility index (Phi) is 9.45. The number of anilines is 3. The highest BCUT2D eigenvalue weighted by molar-refractivity contribution is 6.05. The molecular formula is C35H39N5O5. The van der Waals surface area contributed by atoms with Crippen molar-refractivity contribution in [1.82, 2.24) is 14.5 Å². The maximum absolute atomic E-state index is 13.2. The number of carbonyl (C=O) groups is 2. The van der Waals surface area contributed by atoms with E-state index in [4.69, 9.17) is 9.47 Å². The largest absolute Gasteiger partial charge is 0.384 e. The van der Waals surface area contributed by atoms with E-state index in [9.17, 15) is 14.4 Å². The molecule has 0 radical (unpaired) electrons. The number of hydrogen-bond donors (Lipinski definition) is 2. The van der Waals surface area contributed by atoms with Crippen LogP contribution in [0.1, 0.15) is 45.7 Å². The van der Waals surface area contributed by atoms with E-state index in [2.05, 4.69) is 29.5 Å². The SMILES string of the molecule is COCC(C)(C)c1ccc(C(=O)Nc2cccc(-c3cn(C)c(=O)c(Nc4ccc(C(=O)N5CCOCC5)cc4)n3)c2C)cc1. The topological polar surface area (TPSA) is 115 Å². The fraction of sp³-hybridized carbons (Fsp3) is 0.314. The molecule has 0 saturated carbocycles. The van der Waals surface area contributed by atoms with E-state index < -0.39 is 0 Å². The summed E-state index contributed by atoms with van der Waals surface area (Å²) in [6.07, 6.45) is 1.67. The number of methoxy groups -OCH3 is 1. The number of ether oxygens (including phenoxy) is 2.